The molecule has 1 aliphatic heterocycles. The summed E-state index contributed by atoms with van der Waals surface area (Å²) in [5.41, 5.74) is 4.98. The smallest absolute Gasteiger partial charge is 0.213 e. The van der Waals surface area contributed by atoms with Crippen LogP contribution in [0.3, 0.4) is 0 Å². The topological polar surface area (TPSA) is 65.2 Å². The van der Waals surface area contributed by atoms with Crippen LogP contribution in [0.5, 0.6) is 0 Å². The summed E-state index contributed by atoms with van der Waals surface area (Å²) in [5.74, 6) is 0.275. The number of benzene rings is 2. The van der Waals surface area contributed by atoms with Gasteiger partial charge in [-0.3, -0.25) is 0 Å². The molecule has 30 heavy (non-hydrogen) atoms. The molecule has 0 unspecified atom stereocenters. The van der Waals surface area contributed by atoms with Crippen molar-refractivity contribution in [3.8, 4) is 11.1 Å². The summed E-state index contributed by atoms with van der Waals surface area (Å²) < 4.78 is 39.9. The molecule has 1 aromatic heterocycles. The first kappa shape index (κ1) is 21.0. The molecule has 0 atom stereocenters. The fraction of sp³-hybridized carbons (Fsp3) is 0.391. The van der Waals surface area contributed by atoms with Crippen LogP contribution >= 0.6 is 0 Å². The first-order chi connectivity index (χ1) is 14.4. The van der Waals surface area contributed by atoms with Crippen LogP contribution in [0.4, 0.5) is 4.39 Å². The van der Waals surface area contributed by atoms with Gasteiger partial charge < -0.3 is 10.3 Å². The number of hydrogen-bond acceptors (Lipinski definition) is 3. The second-order valence-electron chi connectivity index (χ2n) is 7.91. The van der Waals surface area contributed by atoms with Crippen LogP contribution in [0.25, 0.3) is 22.0 Å². The minimum Gasteiger partial charge on any atom is -0.361 e. The maximum atomic E-state index is 14.0. The van der Waals surface area contributed by atoms with Crippen molar-refractivity contribution in [3.63, 3.8) is 0 Å². The molecule has 0 amide bonds. The predicted octanol–water partition coefficient (Wildman–Crippen LogP) is 4.22. The minimum absolute atomic E-state index is 0.154. The molecule has 2 heterocycles. The minimum atomic E-state index is -3.12. The van der Waals surface area contributed by atoms with Gasteiger partial charge in [0, 0.05) is 42.3 Å². The Bertz CT molecular complexity index is 1150. The summed E-state index contributed by atoms with van der Waals surface area (Å²) in [6, 6.07) is 11.5. The van der Waals surface area contributed by atoms with E-state index in [-0.39, 0.29) is 11.6 Å². The Morgan fingerprint density at radius 3 is 2.53 bits per heavy atom. The fourth-order valence-corrected chi connectivity index (χ4v) is 5.50. The summed E-state index contributed by atoms with van der Waals surface area (Å²) in [4.78, 5) is 3.36. The van der Waals surface area contributed by atoms with Crippen molar-refractivity contribution >= 4 is 20.9 Å². The molecule has 0 spiro atoms. The Balaban J connectivity index is 1.62. The molecule has 0 aliphatic carbocycles. The van der Waals surface area contributed by atoms with Crippen LogP contribution in [-0.4, -0.2) is 43.6 Å². The zero-order valence-electron chi connectivity index (χ0n) is 17.4. The van der Waals surface area contributed by atoms with E-state index in [0.717, 1.165) is 34.9 Å². The maximum Gasteiger partial charge on any atom is 0.213 e. The standard InChI is InChI=1S/C23H28FN3O2S/c1-3-30(28,29)27-10-8-16(9-11-27)21-15-26-23-7-5-18(13-20(21)23)17-4-6-22(24)19(12-17)14-25-2/h4-7,12-13,15-16,25-26H,3,8-11,14H2,1-2H3. The largest absolute Gasteiger partial charge is 0.361 e. The Kier molecular flexibility index (Phi) is 5.95. The van der Waals surface area contributed by atoms with Crippen molar-refractivity contribution in [2.75, 3.05) is 25.9 Å². The van der Waals surface area contributed by atoms with Crippen molar-refractivity contribution < 1.29 is 12.8 Å². The van der Waals surface area contributed by atoms with Crippen LogP contribution in [0, 0.1) is 5.82 Å². The Hall–Kier alpha value is -2.22. The normalized spacial score (nSPS) is 16.4. The van der Waals surface area contributed by atoms with Crippen LogP contribution in [0.1, 0.15) is 36.8 Å². The highest BCUT2D eigenvalue weighted by Crippen LogP contribution is 2.36. The second kappa shape index (κ2) is 8.49. The first-order valence-electron chi connectivity index (χ1n) is 10.4. The van der Waals surface area contributed by atoms with Crippen molar-refractivity contribution in [1.82, 2.24) is 14.6 Å². The van der Waals surface area contributed by atoms with Crippen molar-refractivity contribution in [2.24, 2.45) is 0 Å². The lowest BCUT2D eigenvalue weighted by Crippen LogP contribution is -2.38. The van der Waals surface area contributed by atoms with E-state index in [0.29, 0.717) is 31.1 Å². The van der Waals surface area contributed by atoms with Crippen LogP contribution in [-0.2, 0) is 16.6 Å². The third-order valence-electron chi connectivity index (χ3n) is 6.11. The molecule has 0 bridgehead atoms. The highest BCUT2D eigenvalue weighted by molar-refractivity contribution is 7.89. The number of halogens is 1. The molecule has 5 nitrogen and oxygen atoms in total. The average Bonchev–Trinajstić information content (AvgIpc) is 3.19. The first-order valence-corrected chi connectivity index (χ1v) is 12.1. The van der Waals surface area contributed by atoms with Gasteiger partial charge in [-0.25, -0.2) is 17.1 Å². The maximum absolute atomic E-state index is 14.0. The second-order valence-corrected chi connectivity index (χ2v) is 10.2. The molecule has 2 aromatic carbocycles. The predicted molar refractivity (Wildman–Crippen MR) is 119 cm³/mol. The van der Waals surface area contributed by atoms with E-state index >= 15 is 0 Å². The van der Waals surface area contributed by atoms with E-state index in [1.807, 2.05) is 12.1 Å². The van der Waals surface area contributed by atoms with Gasteiger partial charge in [0.2, 0.25) is 10.0 Å². The number of hydrogen-bond donors (Lipinski definition) is 2. The van der Waals surface area contributed by atoms with Gasteiger partial charge in [0.1, 0.15) is 5.82 Å². The van der Waals surface area contributed by atoms with E-state index in [9.17, 15) is 12.8 Å². The molecular weight excluding hydrogens is 401 g/mol. The van der Waals surface area contributed by atoms with Crippen molar-refractivity contribution in [2.45, 2.75) is 32.2 Å². The van der Waals surface area contributed by atoms with Gasteiger partial charge in [-0.2, -0.15) is 0 Å². The van der Waals surface area contributed by atoms with Crippen molar-refractivity contribution in [1.29, 1.82) is 0 Å². The summed E-state index contributed by atoms with van der Waals surface area (Å²) in [6.45, 7) is 3.31. The lowest BCUT2D eigenvalue weighted by molar-refractivity contribution is 0.321. The Morgan fingerprint density at radius 1 is 1.13 bits per heavy atom. The van der Waals surface area contributed by atoms with E-state index in [1.165, 1.54) is 11.6 Å². The van der Waals surface area contributed by atoms with Gasteiger partial charge in [0.15, 0.2) is 0 Å². The molecular formula is C23H28FN3O2S. The van der Waals surface area contributed by atoms with Gasteiger partial charge in [-0.15, -0.1) is 0 Å². The van der Waals surface area contributed by atoms with Gasteiger partial charge in [0.25, 0.3) is 0 Å². The highest BCUT2D eigenvalue weighted by atomic mass is 32.2. The molecule has 1 aliphatic rings. The quantitative estimate of drug-likeness (QED) is 0.617. The number of nitrogens with one attached hydrogen (secondary N) is 2. The van der Waals surface area contributed by atoms with Gasteiger partial charge in [0.05, 0.1) is 5.75 Å². The van der Waals surface area contributed by atoms with Gasteiger partial charge in [-0.05, 0) is 73.7 Å². The number of nitrogens with zero attached hydrogens (tertiary/aromatic N) is 1. The van der Waals surface area contributed by atoms with Gasteiger partial charge >= 0.3 is 0 Å². The summed E-state index contributed by atoms with van der Waals surface area (Å²) in [7, 11) is -1.31. The number of aromatic nitrogens is 1. The molecule has 4 rings (SSSR count). The molecule has 2 N–H and O–H groups in total. The third-order valence-corrected chi connectivity index (χ3v) is 7.99. The number of sulfonamides is 1. The van der Waals surface area contributed by atoms with E-state index in [1.54, 1.807) is 18.3 Å². The monoisotopic (exact) mass is 429 g/mol. The molecule has 1 saturated heterocycles. The average molecular weight is 430 g/mol. The van der Waals surface area contributed by atoms with E-state index in [4.69, 9.17) is 0 Å². The fourth-order valence-electron chi connectivity index (χ4n) is 4.37. The third kappa shape index (κ3) is 4.02. The molecule has 7 heteroatoms. The van der Waals surface area contributed by atoms with E-state index < -0.39 is 10.0 Å². The summed E-state index contributed by atoms with van der Waals surface area (Å²) in [5, 5.41) is 4.16. The summed E-state index contributed by atoms with van der Waals surface area (Å²) in [6.07, 6.45) is 3.69. The number of H-pyrrole nitrogens is 1. The lowest BCUT2D eigenvalue weighted by atomic mass is 9.89. The molecule has 160 valence electrons. The van der Waals surface area contributed by atoms with Gasteiger partial charge in [-0.1, -0.05) is 12.1 Å². The number of fused-ring (bicyclic) bond motifs is 1. The molecule has 0 saturated carbocycles. The van der Waals surface area contributed by atoms with Crippen molar-refractivity contribution in [3.05, 3.63) is 59.5 Å². The highest BCUT2D eigenvalue weighted by Gasteiger charge is 2.28. The Labute approximate surface area is 177 Å². The SMILES string of the molecule is CCS(=O)(=O)N1CCC(c2c[nH]c3ccc(-c4ccc(F)c(CNC)c4)cc23)CC1. The lowest BCUT2D eigenvalue weighted by Gasteiger charge is -2.30. The number of rotatable bonds is 6. The summed E-state index contributed by atoms with van der Waals surface area (Å²) >= 11 is 0. The zero-order chi connectivity index (χ0) is 21.3. The molecule has 3 aromatic rings. The number of aromatic amines is 1. The number of piperidine rings is 1. The molecule has 0 radical (unpaired) electrons. The van der Waals surface area contributed by atoms with E-state index in [2.05, 4.69) is 34.7 Å². The van der Waals surface area contributed by atoms with Crippen LogP contribution < -0.4 is 5.32 Å². The van der Waals surface area contributed by atoms with Crippen LogP contribution in [0.2, 0.25) is 0 Å². The zero-order valence-corrected chi connectivity index (χ0v) is 18.2. The Morgan fingerprint density at radius 2 is 1.83 bits per heavy atom. The molecule has 1 fully saturated rings. The van der Waals surface area contributed by atoms with Crippen LogP contribution in [0.15, 0.2) is 42.6 Å².